The lowest BCUT2D eigenvalue weighted by atomic mass is 10.2. The Labute approximate surface area is 124 Å². The van der Waals surface area contributed by atoms with E-state index in [-0.39, 0.29) is 41.9 Å². The molecule has 19 heavy (non-hydrogen) atoms. The summed E-state index contributed by atoms with van der Waals surface area (Å²) in [6.45, 7) is 3.45. The minimum Gasteiger partial charge on any atom is -0.272 e. The monoisotopic (exact) mass is 324 g/mol. The predicted octanol–water partition coefficient (Wildman–Crippen LogP) is 3.18. The molecular formula is C11H32O6S2. The summed E-state index contributed by atoms with van der Waals surface area (Å²) < 4.78 is 35.1. The fraction of sp³-hybridized carbons (Fsp3) is 1.00. The molecule has 0 saturated carbocycles. The first kappa shape index (κ1) is 31.5. The van der Waals surface area contributed by atoms with E-state index in [0.717, 1.165) is 0 Å². The van der Waals surface area contributed by atoms with E-state index in [4.69, 9.17) is 9.07 Å². The van der Waals surface area contributed by atoms with E-state index in [1.807, 2.05) is 0 Å². The molecule has 8 heteroatoms. The first-order chi connectivity index (χ1) is 6.95. The van der Waals surface area contributed by atoms with Crippen LogP contribution in [0.3, 0.4) is 0 Å². The molecule has 6 nitrogen and oxygen atoms in total. The van der Waals surface area contributed by atoms with E-state index in [0.29, 0.717) is 6.42 Å². The highest BCUT2D eigenvalue weighted by molar-refractivity contribution is 7.79. The Morgan fingerprint density at radius 1 is 1.00 bits per heavy atom. The lowest BCUT2D eigenvalue weighted by Crippen LogP contribution is -2.20. The van der Waals surface area contributed by atoms with Crippen molar-refractivity contribution in [3.05, 3.63) is 0 Å². The van der Waals surface area contributed by atoms with Crippen molar-refractivity contribution in [1.29, 1.82) is 0 Å². The van der Waals surface area contributed by atoms with Crippen molar-refractivity contribution in [2.45, 2.75) is 62.2 Å². The van der Waals surface area contributed by atoms with Gasteiger partial charge >= 0.3 is 11.4 Å². The van der Waals surface area contributed by atoms with Crippen molar-refractivity contribution in [3.63, 3.8) is 0 Å². The highest BCUT2D eigenvalue weighted by Gasteiger charge is 2.14. The fourth-order valence-electron chi connectivity index (χ4n) is 0.842. The summed E-state index contributed by atoms with van der Waals surface area (Å²) in [6, 6.07) is 0. The Morgan fingerprint density at radius 2 is 1.47 bits per heavy atom. The van der Waals surface area contributed by atoms with Gasteiger partial charge in [-0.3, -0.25) is 8.37 Å². The molecule has 0 aromatic heterocycles. The fourth-order valence-corrected chi connectivity index (χ4v) is 1.51. The average Bonchev–Trinajstić information content (AvgIpc) is 2.14. The maximum atomic E-state index is 10.8. The van der Waals surface area contributed by atoms with Crippen LogP contribution in [0, 0.1) is 0 Å². The third-order valence-electron chi connectivity index (χ3n) is 1.34. The highest BCUT2D eigenvalue weighted by Crippen LogP contribution is 2.08. The van der Waals surface area contributed by atoms with Gasteiger partial charge in [-0.1, -0.05) is 29.7 Å². The maximum Gasteiger partial charge on any atom is 0.304 e. The molecule has 0 N–H and O–H groups in total. The zero-order valence-corrected chi connectivity index (χ0v) is 10.8. The summed E-state index contributed by atoms with van der Waals surface area (Å²) in [5.74, 6) is 0. The SMILES string of the molecule is C.C.C.C.COS(=O)OC(C)CC(C)OOS(C)=O. The van der Waals surface area contributed by atoms with Crippen LogP contribution in [0.2, 0.25) is 0 Å². The van der Waals surface area contributed by atoms with Gasteiger partial charge in [0.2, 0.25) is 0 Å². The third-order valence-corrected chi connectivity index (χ3v) is 2.37. The van der Waals surface area contributed by atoms with Gasteiger partial charge in [-0.15, -0.1) is 4.33 Å². The van der Waals surface area contributed by atoms with E-state index < -0.39 is 22.4 Å². The van der Waals surface area contributed by atoms with Gasteiger partial charge in [0.15, 0.2) is 11.1 Å². The van der Waals surface area contributed by atoms with Crippen LogP contribution in [-0.2, 0) is 40.0 Å². The molecule has 0 aliphatic carbocycles. The summed E-state index contributed by atoms with van der Waals surface area (Å²) in [6.07, 6.45) is 1.19. The van der Waals surface area contributed by atoms with Crippen LogP contribution in [0.1, 0.15) is 50.0 Å². The minimum absolute atomic E-state index is 0. The van der Waals surface area contributed by atoms with Crippen LogP contribution in [0.4, 0.5) is 0 Å². The Hall–Kier alpha value is 0.140. The summed E-state index contributed by atoms with van der Waals surface area (Å²) in [4.78, 5) is 4.77. The van der Waals surface area contributed by atoms with Gasteiger partial charge in [0.1, 0.15) is 0 Å². The topological polar surface area (TPSA) is 71.1 Å². The van der Waals surface area contributed by atoms with E-state index in [2.05, 4.69) is 8.52 Å². The van der Waals surface area contributed by atoms with Crippen LogP contribution in [0.15, 0.2) is 0 Å². The second kappa shape index (κ2) is 18.1. The van der Waals surface area contributed by atoms with E-state index in [1.165, 1.54) is 13.4 Å². The molecule has 0 aromatic rings. The van der Waals surface area contributed by atoms with E-state index in [9.17, 15) is 8.42 Å². The molecule has 0 fully saturated rings. The van der Waals surface area contributed by atoms with E-state index in [1.54, 1.807) is 13.8 Å². The zero-order valence-electron chi connectivity index (χ0n) is 9.13. The second-order valence-corrected chi connectivity index (χ2v) is 4.76. The van der Waals surface area contributed by atoms with Crippen molar-refractivity contribution in [3.8, 4) is 0 Å². The normalized spacial score (nSPS) is 15.4. The summed E-state index contributed by atoms with van der Waals surface area (Å²) in [5, 5.41) is 0. The molecule has 0 spiro atoms. The molecular weight excluding hydrogens is 292 g/mol. The van der Waals surface area contributed by atoms with Crippen LogP contribution in [-0.4, -0.2) is 34.0 Å². The average molecular weight is 325 g/mol. The standard InChI is InChI=1S/C7H16O6S2.4CH4/c1-6(11-13-14(4)8)5-7(2)12-15(9)10-3;;;;/h6-7H,5H2,1-4H3;4*1H4. The van der Waals surface area contributed by atoms with Gasteiger partial charge in [-0.25, -0.2) is 9.10 Å². The quantitative estimate of drug-likeness (QED) is 0.504. The number of hydrogen-bond donors (Lipinski definition) is 0. The van der Waals surface area contributed by atoms with Crippen molar-refractivity contribution >= 4 is 22.4 Å². The van der Waals surface area contributed by atoms with Gasteiger partial charge in [0.25, 0.3) is 0 Å². The smallest absolute Gasteiger partial charge is 0.272 e. The van der Waals surface area contributed by atoms with Gasteiger partial charge in [0, 0.05) is 12.7 Å². The molecule has 0 saturated heterocycles. The zero-order chi connectivity index (χ0) is 11.8. The Morgan fingerprint density at radius 3 is 1.84 bits per heavy atom. The Bertz CT molecular complexity index is 225. The number of rotatable bonds is 8. The van der Waals surface area contributed by atoms with Gasteiger partial charge in [-0.05, 0) is 13.8 Å². The van der Waals surface area contributed by atoms with Crippen LogP contribution < -0.4 is 0 Å². The highest BCUT2D eigenvalue weighted by atomic mass is 32.2. The lowest BCUT2D eigenvalue weighted by molar-refractivity contribution is -0.235. The molecule has 124 valence electrons. The first-order valence-corrected chi connectivity index (χ1v) is 6.74. The van der Waals surface area contributed by atoms with E-state index >= 15 is 0 Å². The number of hydrogen-bond acceptors (Lipinski definition) is 6. The molecule has 0 bridgehead atoms. The van der Waals surface area contributed by atoms with Crippen LogP contribution >= 0.6 is 0 Å². The van der Waals surface area contributed by atoms with Crippen molar-refractivity contribution in [2.75, 3.05) is 13.4 Å². The van der Waals surface area contributed by atoms with Crippen LogP contribution in [0.25, 0.3) is 0 Å². The van der Waals surface area contributed by atoms with Crippen molar-refractivity contribution in [1.82, 2.24) is 0 Å². The molecule has 4 unspecified atom stereocenters. The molecule has 0 aliphatic rings. The molecule has 0 heterocycles. The molecule has 0 amide bonds. The van der Waals surface area contributed by atoms with Crippen molar-refractivity contribution < 1.29 is 26.0 Å². The second-order valence-electron chi connectivity index (χ2n) is 2.89. The van der Waals surface area contributed by atoms with Gasteiger partial charge in [-0.2, -0.15) is 4.21 Å². The third kappa shape index (κ3) is 20.6. The minimum atomic E-state index is -1.74. The maximum absolute atomic E-state index is 10.8. The summed E-state index contributed by atoms with van der Waals surface area (Å²) in [5.41, 5.74) is 0. The Kier molecular flexibility index (Phi) is 30.1. The van der Waals surface area contributed by atoms with Crippen LogP contribution in [0.5, 0.6) is 0 Å². The molecule has 0 aromatic carbocycles. The lowest BCUT2D eigenvalue weighted by Gasteiger charge is -2.14. The molecule has 0 rings (SSSR count). The summed E-state index contributed by atoms with van der Waals surface area (Å²) >= 11 is -3.20. The molecule has 0 radical (unpaired) electrons. The summed E-state index contributed by atoms with van der Waals surface area (Å²) in [7, 11) is 1.28. The van der Waals surface area contributed by atoms with Crippen molar-refractivity contribution in [2.24, 2.45) is 0 Å². The van der Waals surface area contributed by atoms with Gasteiger partial charge in [0.05, 0.1) is 19.3 Å². The predicted molar refractivity (Wildman–Crippen MR) is 82.9 cm³/mol. The molecule has 4 atom stereocenters. The Balaban J connectivity index is -0.000000163. The largest absolute Gasteiger partial charge is 0.304 e. The first-order valence-electron chi connectivity index (χ1n) is 4.26. The molecule has 0 aliphatic heterocycles. The van der Waals surface area contributed by atoms with Gasteiger partial charge < -0.3 is 0 Å².